The SMILES string of the molecule is Cc1ccc([C@H](C(=O)NCc2ccco2)N(C(=O)CNC(=O)c2cccs2)c2ccc(C)cc2C)cc1. The van der Waals surface area contributed by atoms with E-state index in [-0.39, 0.29) is 24.9 Å². The van der Waals surface area contributed by atoms with E-state index < -0.39 is 11.9 Å². The smallest absolute Gasteiger partial charge is 0.261 e. The highest BCUT2D eigenvalue weighted by atomic mass is 32.1. The third-order valence-corrected chi connectivity index (χ3v) is 6.81. The van der Waals surface area contributed by atoms with E-state index in [0.717, 1.165) is 16.7 Å². The second kappa shape index (κ2) is 11.7. The maximum atomic E-state index is 13.8. The van der Waals surface area contributed by atoms with Gasteiger partial charge >= 0.3 is 0 Å². The fourth-order valence-electron chi connectivity index (χ4n) is 4.08. The van der Waals surface area contributed by atoms with E-state index in [0.29, 0.717) is 21.9 Å². The number of carbonyl (C=O) groups is 3. The lowest BCUT2D eigenvalue weighted by Crippen LogP contribution is -2.47. The molecule has 8 heteroatoms. The van der Waals surface area contributed by atoms with Gasteiger partial charge < -0.3 is 15.1 Å². The summed E-state index contributed by atoms with van der Waals surface area (Å²) in [6.07, 6.45) is 1.54. The molecule has 37 heavy (non-hydrogen) atoms. The molecule has 2 N–H and O–H groups in total. The molecule has 0 unspecified atom stereocenters. The fourth-order valence-corrected chi connectivity index (χ4v) is 4.72. The standard InChI is InChI=1S/C29H29N3O4S/c1-19-8-11-22(12-9-19)27(29(35)30-17-23-6-4-14-36-23)32(24-13-10-20(2)16-21(24)3)26(33)18-31-28(34)25-7-5-15-37-25/h4-16,27H,17-18H2,1-3H3,(H,30,35)(H,31,34)/t27-/m1/s1. The van der Waals surface area contributed by atoms with Crippen LogP contribution in [0.4, 0.5) is 5.69 Å². The van der Waals surface area contributed by atoms with E-state index in [2.05, 4.69) is 10.6 Å². The summed E-state index contributed by atoms with van der Waals surface area (Å²) in [6, 6.07) is 19.2. The van der Waals surface area contributed by atoms with Crippen molar-refractivity contribution in [1.29, 1.82) is 0 Å². The number of aryl methyl sites for hydroxylation is 3. The first-order valence-electron chi connectivity index (χ1n) is 11.9. The highest BCUT2D eigenvalue weighted by Crippen LogP contribution is 2.31. The Hall–Kier alpha value is -4.17. The Kier molecular flexibility index (Phi) is 8.20. The summed E-state index contributed by atoms with van der Waals surface area (Å²) in [5.74, 6) is -0.504. The van der Waals surface area contributed by atoms with E-state index in [4.69, 9.17) is 4.42 Å². The van der Waals surface area contributed by atoms with Gasteiger partial charge in [-0.15, -0.1) is 11.3 Å². The zero-order valence-electron chi connectivity index (χ0n) is 21.0. The first-order chi connectivity index (χ1) is 17.8. The summed E-state index contributed by atoms with van der Waals surface area (Å²) >= 11 is 1.30. The molecule has 4 aromatic rings. The molecule has 0 radical (unpaired) electrons. The predicted molar refractivity (Wildman–Crippen MR) is 145 cm³/mol. The van der Waals surface area contributed by atoms with Crippen molar-refractivity contribution in [3.63, 3.8) is 0 Å². The summed E-state index contributed by atoms with van der Waals surface area (Å²) in [5.41, 5.74) is 4.16. The number of anilines is 1. The molecule has 0 spiro atoms. The van der Waals surface area contributed by atoms with Gasteiger partial charge in [0.15, 0.2) is 0 Å². The molecule has 0 bridgehead atoms. The van der Waals surface area contributed by atoms with Crippen molar-refractivity contribution in [1.82, 2.24) is 10.6 Å². The molecule has 0 aliphatic rings. The molecule has 0 saturated carbocycles. The van der Waals surface area contributed by atoms with Crippen LogP contribution >= 0.6 is 11.3 Å². The minimum absolute atomic E-state index is 0.179. The topological polar surface area (TPSA) is 91.7 Å². The van der Waals surface area contributed by atoms with Gasteiger partial charge in [-0.05, 0) is 61.5 Å². The number of amides is 3. The Morgan fingerprint density at radius 1 is 0.919 bits per heavy atom. The number of hydrogen-bond acceptors (Lipinski definition) is 5. The summed E-state index contributed by atoms with van der Waals surface area (Å²) in [7, 11) is 0. The number of thiophene rings is 1. The van der Waals surface area contributed by atoms with E-state index >= 15 is 0 Å². The zero-order valence-corrected chi connectivity index (χ0v) is 21.8. The molecule has 7 nitrogen and oxygen atoms in total. The van der Waals surface area contributed by atoms with Crippen LogP contribution < -0.4 is 15.5 Å². The van der Waals surface area contributed by atoms with Gasteiger partial charge in [0.05, 0.1) is 24.2 Å². The maximum Gasteiger partial charge on any atom is 0.261 e. The van der Waals surface area contributed by atoms with Gasteiger partial charge in [0.25, 0.3) is 5.91 Å². The van der Waals surface area contributed by atoms with Gasteiger partial charge in [0, 0.05) is 5.69 Å². The Morgan fingerprint density at radius 2 is 1.68 bits per heavy atom. The van der Waals surface area contributed by atoms with Crippen molar-refractivity contribution in [2.24, 2.45) is 0 Å². The number of furan rings is 1. The maximum absolute atomic E-state index is 13.8. The number of nitrogens with one attached hydrogen (secondary N) is 2. The van der Waals surface area contributed by atoms with Gasteiger partial charge in [-0.3, -0.25) is 19.3 Å². The lowest BCUT2D eigenvalue weighted by Gasteiger charge is -2.33. The van der Waals surface area contributed by atoms with Crippen LogP contribution in [0.15, 0.2) is 82.8 Å². The zero-order chi connectivity index (χ0) is 26.4. The van der Waals surface area contributed by atoms with Crippen LogP contribution in [-0.4, -0.2) is 24.3 Å². The van der Waals surface area contributed by atoms with E-state index in [1.165, 1.54) is 16.2 Å². The monoisotopic (exact) mass is 515 g/mol. The van der Waals surface area contributed by atoms with Crippen molar-refractivity contribution in [3.8, 4) is 0 Å². The second-order valence-electron chi connectivity index (χ2n) is 8.82. The van der Waals surface area contributed by atoms with E-state index in [1.807, 2.05) is 63.2 Å². The first kappa shape index (κ1) is 25.9. The summed E-state index contributed by atoms with van der Waals surface area (Å²) in [5, 5.41) is 7.42. The van der Waals surface area contributed by atoms with Crippen molar-refractivity contribution < 1.29 is 18.8 Å². The van der Waals surface area contributed by atoms with Gasteiger partial charge in [-0.1, -0.05) is 53.6 Å². The summed E-state index contributed by atoms with van der Waals surface area (Å²) < 4.78 is 5.37. The third kappa shape index (κ3) is 6.34. The number of nitrogens with zero attached hydrogens (tertiary/aromatic N) is 1. The molecule has 2 aromatic heterocycles. The first-order valence-corrected chi connectivity index (χ1v) is 12.8. The van der Waals surface area contributed by atoms with Crippen LogP contribution in [0.2, 0.25) is 0 Å². The van der Waals surface area contributed by atoms with Crippen molar-refractivity contribution >= 4 is 34.7 Å². The largest absolute Gasteiger partial charge is 0.467 e. The molecule has 0 aliphatic carbocycles. The number of benzene rings is 2. The molecule has 2 aromatic carbocycles. The normalized spacial score (nSPS) is 11.5. The molecule has 1 atom stereocenters. The molecule has 0 saturated heterocycles. The molecule has 3 amide bonds. The lowest BCUT2D eigenvalue weighted by atomic mass is 10.00. The van der Waals surface area contributed by atoms with Crippen LogP contribution in [0.25, 0.3) is 0 Å². The van der Waals surface area contributed by atoms with Crippen LogP contribution in [0.1, 0.15) is 43.7 Å². The Bertz CT molecular complexity index is 1360. The van der Waals surface area contributed by atoms with Crippen LogP contribution in [0, 0.1) is 20.8 Å². The van der Waals surface area contributed by atoms with Crippen LogP contribution in [0.3, 0.4) is 0 Å². The number of hydrogen-bond donors (Lipinski definition) is 2. The summed E-state index contributed by atoms with van der Waals surface area (Å²) in [6.45, 7) is 5.75. The van der Waals surface area contributed by atoms with Crippen molar-refractivity contribution in [2.75, 3.05) is 11.4 Å². The highest BCUT2D eigenvalue weighted by Gasteiger charge is 2.33. The predicted octanol–water partition coefficient (Wildman–Crippen LogP) is 5.09. The van der Waals surface area contributed by atoms with Gasteiger partial charge in [0.2, 0.25) is 11.8 Å². The Balaban J connectivity index is 1.71. The van der Waals surface area contributed by atoms with Gasteiger partial charge in [-0.25, -0.2) is 0 Å². The Morgan fingerprint density at radius 3 is 2.32 bits per heavy atom. The molecule has 190 valence electrons. The van der Waals surface area contributed by atoms with E-state index in [9.17, 15) is 14.4 Å². The molecule has 2 heterocycles. The highest BCUT2D eigenvalue weighted by molar-refractivity contribution is 7.12. The molecule has 0 fully saturated rings. The van der Waals surface area contributed by atoms with Gasteiger partial charge in [0.1, 0.15) is 11.8 Å². The van der Waals surface area contributed by atoms with Gasteiger partial charge in [-0.2, -0.15) is 0 Å². The molecular formula is C29H29N3O4S. The number of carbonyl (C=O) groups excluding carboxylic acids is 3. The van der Waals surface area contributed by atoms with E-state index in [1.54, 1.807) is 35.9 Å². The minimum Gasteiger partial charge on any atom is -0.467 e. The lowest BCUT2D eigenvalue weighted by molar-refractivity contribution is -0.126. The molecule has 0 aliphatic heterocycles. The quantitative estimate of drug-likeness (QED) is 0.325. The second-order valence-corrected chi connectivity index (χ2v) is 9.77. The molecular weight excluding hydrogens is 486 g/mol. The third-order valence-electron chi connectivity index (χ3n) is 5.94. The van der Waals surface area contributed by atoms with Crippen molar-refractivity contribution in [3.05, 3.63) is 111 Å². The van der Waals surface area contributed by atoms with Crippen LogP contribution in [0.5, 0.6) is 0 Å². The Labute approximate surface area is 220 Å². The van der Waals surface area contributed by atoms with Crippen molar-refractivity contribution in [2.45, 2.75) is 33.4 Å². The average Bonchev–Trinajstić information content (AvgIpc) is 3.60. The summed E-state index contributed by atoms with van der Waals surface area (Å²) in [4.78, 5) is 42.1. The number of rotatable bonds is 9. The average molecular weight is 516 g/mol. The van der Waals surface area contributed by atoms with Crippen LogP contribution in [-0.2, 0) is 16.1 Å². The molecule has 4 rings (SSSR count). The minimum atomic E-state index is -0.969. The fraction of sp³-hybridized carbons (Fsp3) is 0.207.